The molecule has 1 N–H and O–H groups in total. The monoisotopic (exact) mass is 295 g/mol. The van der Waals surface area contributed by atoms with Crippen molar-refractivity contribution in [1.29, 1.82) is 0 Å². The lowest BCUT2D eigenvalue weighted by atomic mass is 9.66. The van der Waals surface area contributed by atoms with Crippen molar-refractivity contribution in [1.82, 2.24) is 5.32 Å². The van der Waals surface area contributed by atoms with E-state index in [0.717, 1.165) is 24.4 Å². The largest absolute Gasteiger partial charge is 0.374 e. The van der Waals surface area contributed by atoms with Crippen molar-refractivity contribution in [3.63, 3.8) is 0 Å². The Bertz CT molecular complexity index is 302. The quantitative estimate of drug-likeness (QED) is 0.761. The molecule has 2 heteroatoms. The molecule has 5 unspecified atom stereocenters. The summed E-state index contributed by atoms with van der Waals surface area (Å²) < 4.78 is 6.45. The molecule has 2 nitrogen and oxygen atoms in total. The van der Waals surface area contributed by atoms with Gasteiger partial charge in [0.05, 0.1) is 5.60 Å². The van der Waals surface area contributed by atoms with Crippen LogP contribution in [-0.4, -0.2) is 25.3 Å². The standard InChI is InChI=1S/C19H37NO/c1-5-16-10-7-11-17(13-16)18(20-4)19(21-6-2)12-8-9-15(3)14-19/h15-18,20H,5-14H2,1-4H3. The second-order valence-corrected chi connectivity index (χ2v) is 7.67. The van der Waals surface area contributed by atoms with Crippen LogP contribution in [0.15, 0.2) is 0 Å². The van der Waals surface area contributed by atoms with Gasteiger partial charge in [-0.05, 0) is 57.4 Å². The lowest BCUT2D eigenvalue weighted by molar-refractivity contribution is -0.115. The number of ether oxygens (including phenoxy) is 1. The first kappa shape index (κ1) is 17.3. The first-order valence-corrected chi connectivity index (χ1v) is 9.46. The van der Waals surface area contributed by atoms with Gasteiger partial charge in [0, 0.05) is 12.6 Å². The topological polar surface area (TPSA) is 21.3 Å². The molecule has 0 saturated heterocycles. The van der Waals surface area contributed by atoms with E-state index in [-0.39, 0.29) is 5.60 Å². The maximum atomic E-state index is 6.45. The Morgan fingerprint density at radius 3 is 2.62 bits per heavy atom. The van der Waals surface area contributed by atoms with Crippen molar-refractivity contribution in [3.05, 3.63) is 0 Å². The number of rotatable bonds is 6. The van der Waals surface area contributed by atoms with Gasteiger partial charge in [0.25, 0.3) is 0 Å². The average molecular weight is 296 g/mol. The normalized spacial score (nSPS) is 39.1. The van der Waals surface area contributed by atoms with Gasteiger partial charge in [-0.3, -0.25) is 0 Å². The van der Waals surface area contributed by atoms with Crippen molar-refractivity contribution in [2.24, 2.45) is 17.8 Å². The molecular formula is C19H37NO. The van der Waals surface area contributed by atoms with Crippen LogP contribution < -0.4 is 5.32 Å². The minimum Gasteiger partial charge on any atom is -0.374 e. The zero-order valence-corrected chi connectivity index (χ0v) is 14.8. The van der Waals surface area contributed by atoms with Gasteiger partial charge in [0.15, 0.2) is 0 Å². The summed E-state index contributed by atoms with van der Waals surface area (Å²) in [7, 11) is 2.17. The Morgan fingerprint density at radius 2 is 2.00 bits per heavy atom. The molecule has 0 bridgehead atoms. The molecule has 0 aromatic rings. The van der Waals surface area contributed by atoms with E-state index in [0.29, 0.717) is 6.04 Å². The van der Waals surface area contributed by atoms with Crippen molar-refractivity contribution in [2.75, 3.05) is 13.7 Å². The highest BCUT2D eigenvalue weighted by Gasteiger charge is 2.46. The Balaban J connectivity index is 2.14. The summed E-state index contributed by atoms with van der Waals surface area (Å²) in [6.07, 6.45) is 12.2. The van der Waals surface area contributed by atoms with Crippen molar-refractivity contribution in [2.45, 2.75) is 90.2 Å². The van der Waals surface area contributed by atoms with Gasteiger partial charge >= 0.3 is 0 Å². The van der Waals surface area contributed by atoms with E-state index in [1.807, 2.05) is 0 Å². The molecule has 0 aromatic heterocycles. The Morgan fingerprint density at radius 1 is 1.19 bits per heavy atom. The molecule has 5 atom stereocenters. The summed E-state index contributed by atoms with van der Waals surface area (Å²) in [4.78, 5) is 0. The van der Waals surface area contributed by atoms with E-state index in [2.05, 4.69) is 33.1 Å². The van der Waals surface area contributed by atoms with Gasteiger partial charge in [0.2, 0.25) is 0 Å². The van der Waals surface area contributed by atoms with Crippen LogP contribution >= 0.6 is 0 Å². The maximum absolute atomic E-state index is 6.45. The predicted octanol–water partition coefficient (Wildman–Crippen LogP) is 4.78. The van der Waals surface area contributed by atoms with Crippen LogP contribution in [0.25, 0.3) is 0 Å². The lowest BCUT2D eigenvalue weighted by Gasteiger charge is -2.49. The van der Waals surface area contributed by atoms with Gasteiger partial charge in [0.1, 0.15) is 0 Å². The van der Waals surface area contributed by atoms with Gasteiger partial charge in [-0.25, -0.2) is 0 Å². The van der Waals surface area contributed by atoms with Crippen molar-refractivity contribution >= 4 is 0 Å². The predicted molar refractivity (Wildman–Crippen MR) is 90.6 cm³/mol. The SMILES string of the molecule is CCOC1(C(NC)C2CCCC(CC)C2)CCCC(C)C1. The Labute approximate surface area is 132 Å². The van der Waals surface area contributed by atoms with Crippen LogP contribution in [0.5, 0.6) is 0 Å². The maximum Gasteiger partial charge on any atom is 0.0839 e. The summed E-state index contributed by atoms with van der Waals surface area (Å²) in [5, 5.41) is 3.71. The van der Waals surface area contributed by atoms with Gasteiger partial charge < -0.3 is 10.1 Å². The van der Waals surface area contributed by atoms with Crippen molar-refractivity contribution in [3.8, 4) is 0 Å². The third kappa shape index (κ3) is 4.01. The first-order chi connectivity index (χ1) is 10.1. The third-order valence-electron chi connectivity index (χ3n) is 6.17. The molecule has 2 fully saturated rings. The minimum atomic E-state index is 0.0987. The molecule has 0 radical (unpaired) electrons. The molecule has 21 heavy (non-hydrogen) atoms. The fraction of sp³-hybridized carbons (Fsp3) is 1.00. The summed E-state index contributed by atoms with van der Waals surface area (Å²) in [6.45, 7) is 7.80. The molecule has 0 heterocycles. The van der Waals surface area contributed by atoms with Crippen LogP contribution in [0.2, 0.25) is 0 Å². The molecule has 0 aliphatic heterocycles. The summed E-state index contributed by atoms with van der Waals surface area (Å²) in [6, 6.07) is 0.551. The molecule has 2 saturated carbocycles. The van der Waals surface area contributed by atoms with Crippen molar-refractivity contribution < 1.29 is 4.74 Å². The zero-order chi connectivity index (χ0) is 15.3. The average Bonchev–Trinajstić information content (AvgIpc) is 2.48. The third-order valence-corrected chi connectivity index (χ3v) is 6.17. The highest BCUT2D eigenvalue weighted by atomic mass is 16.5. The van der Waals surface area contributed by atoms with E-state index in [9.17, 15) is 0 Å². The molecule has 2 aliphatic rings. The molecule has 0 amide bonds. The molecule has 0 aromatic carbocycles. The summed E-state index contributed by atoms with van der Waals surface area (Å²) in [5.74, 6) is 2.57. The van der Waals surface area contributed by atoms with E-state index in [4.69, 9.17) is 4.74 Å². The number of hydrogen-bond donors (Lipinski definition) is 1. The van der Waals surface area contributed by atoms with E-state index >= 15 is 0 Å². The molecule has 2 aliphatic carbocycles. The van der Waals surface area contributed by atoms with Crippen LogP contribution in [0, 0.1) is 17.8 Å². The Hall–Kier alpha value is -0.0800. The van der Waals surface area contributed by atoms with Gasteiger partial charge in [-0.15, -0.1) is 0 Å². The molecule has 2 rings (SSSR count). The highest BCUT2D eigenvalue weighted by molar-refractivity contribution is 5.00. The van der Waals surface area contributed by atoms with Crippen LogP contribution in [-0.2, 0) is 4.74 Å². The smallest absolute Gasteiger partial charge is 0.0839 e. The number of hydrogen-bond acceptors (Lipinski definition) is 2. The fourth-order valence-corrected chi connectivity index (χ4v) is 5.27. The van der Waals surface area contributed by atoms with Crippen LogP contribution in [0.3, 0.4) is 0 Å². The first-order valence-electron chi connectivity index (χ1n) is 9.46. The number of nitrogens with one attached hydrogen (secondary N) is 1. The molecular weight excluding hydrogens is 258 g/mol. The summed E-state index contributed by atoms with van der Waals surface area (Å²) >= 11 is 0. The number of likely N-dealkylation sites (N-methyl/N-ethyl adjacent to an activating group) is 1. The fourth-order valence-electron chi connectivity index (χ4n) is 5.27. The van der Waals surface area contributed by atoms with E-state index in [1.54, 1.807) is 0 Å². The summed E-state index contributed by atoms with van der Waals surface area (Å²) in [5.41, 5.74) is 0.0987. The van der Waals surface area contributed by atoms with E-state index in [1.165, 1.54) is 57.8 Å². The molecule has 124 valence electrons. The highest BCUT2D eigenvalue weighted by Crippen LogP contribution is 2.44. The minimum absolute atomic E-state index is 0.0987. The van der Waals surface area contributed by atoms with Gasteiger partial charge in [-0.2, -0.15) is 0 Å². The second-order valence-electron chi connectivity index (χ2n) is 7.67. The lowest BCUT2D eigenvalue weighted by Crippen LogP contribution is -2.58. The molecule has 0 spiro atoms. The van der Waals surface area contributed by atoms with E-state index < -0.39 is 0 Å². The zero-order valence-electron chi connectivity index (χ0n) is 14.8. The Kier molecular flexibility index (Phi) is 6.55. The second kappa shape index (κ2) is 7.97. The van der Waals surface area contributed by atoms with Crippen LogP contribution in [0.4, 0.5) is 0 Å². The van der Waals surface area contributed by atoms with Gasteiger partial charge in [-0.1, -0.05) is 46.0 Å². The van der Waals surface area contributed by atoms with Crippen LogP contribution in [0.1, 0.15) is 78.6 Å².